The van der Waals surface area contributed by atoms with Crippen LogP contribution in [0.3, 0.4) is 0 Å². The van der Waals surface area contributed by atoms with E-state index in [0.717, 1.165) is 42.3 Å². The predicted octanol–water partition coefficient (Wildman–Crippen LogP) is 3.35. The van der Waals surface area contributed by atoms with Gasteiger partial charge in [-0.05, 0) is 30.0 Å². The summed E-state index contributed by atoms with van der Waals surface area (Å²) in [6.45, 7) is 5.11. The summed E-state index contributed by atoms with van der Waals surface area (Å²) >= 11 is 0. The number of H-pyrrole nitrogens is 1. The number of aromatic amines is 1. The maximum Gasteiger partial charge on any atom is 0.268 e. The van der Waals surface area contributed by atoms with Gasteiger partial charge in [-0.25, -0.2) is 0 Å². The molecule has 0 radical (unpaired) electrons. The van der Waals surface area contributed by atoms with Crippen LogP contribution in [0.25, 0.3) is 11.3 Å². The zero-order chi connectivity index (χ0) is 18.1. The number of amides is 1. The summed E-state index contributed by atoms with van der Waals surface area (Å²) in [4.78, 5) is 16.0. The fourth-order valence-electron chi connectivity index (χ4n) is 3.47. The molecule has 1 aliphatic rings. The van der Waals surface area contributed by atoms with Gasteiger partial charge in [0.1, 0.15) is 11.5 Å². The number of hydrogen-bond donors (Lipinski definition) is 2. The molecule has 1 aliphatic heterocycles. The number of benzene rings is 1. The number of nitrogens with zero attached hydrogens (tertiary/aromatic N) is 3. The lowest BCUT2D eigenvalue weighted by Crippen LogP contribution is -2.34. The number of hydrogen-bond acceptors (Lipinski definition) is 3. The van der Waals surface area contributed by atoms with E-state index in [1.165, 1.54) is 0 Å². The summed E-state index contributed by atoms with van der Waals surface area (Å²) in [7, 11) is 0. The standard InChI is InChI=1S/C20H23N5O/c1-13(2)18(19-24-23-17-9-6-12-25(17)19)22-20(26)16-11-10-15(21-16)14-7-4-3-5-8-14/h3-5,7-8,10-11,13,18,21H,6,9,12H2,1-2H3,(H,22,26). The van der Waals surface area contributed by atoms with E-state index in [1.54, 1.807) is 0 Å². The van der Waals surface area contributed by atoms with E-state index < -0.39 is 0 Å². The average molecular weight is 349 g/mol. The van der Waals surface area contributed by atoms with Crippen molar-refractivity contribution in [1.82, 2.24) is 25.1 Å². The average Bonchev–Trinajstić information content (AvgIpc) is 3.37. The Kier molecular flexibility index (Phi) is 4.32. The number of aryl methyl sites for hydroxylation is 1. The molecule has 0 spiro atoms. The Labute approximate surface area is 152 Å². The van der Waals surface area contributed by atoms with Gasteiger partial charge in [-0.3, -0.25) is 4.79 Å². The van der Waals surface area contributed by atoms with E-state index in [-0.39, 0.29) is 17.9 Å². The highest BCUT2D eigenvalue weighted by Gasteiger charge is 2.28. The molecule has 2 N–H and O–H groups in total. The highest BCUT2D eigenvalue weighted by Crippen LogP contribution is 2.25. The van der Waals surface area contributed by atoms with Crippen molar-refractivity contribution >= 4 is 5.91 Å². The minimum Gasteiger partial charge on any atom is -0.351 e. The molecule has 134 valence electrons. The maximum absolute atomic E-state index is 12.8. The third kappa shape index (κ3) is 3.03. The minimum atomic E-state index is -0.162. The fourth-order valence-corrected chi connectivity index (χ4v) is 3.47. The van der Waals surface area contributed by atoms with E-state index in [0.29, 0.717) is 5.69 Å². The number of carbonyl (C=O) groups is 1. The van der Waals surface area contributed by atoms with Crippen molar-refractivity contribution in [3.05, 3.63) is 59.8 Å². The summed E-state index contributed by atoms with van der Waals surface area (Å²) in [5.41, 5.74) is 2.54. The summed E-state index contributed by atoms with van der Waals surface area (Å²) in [6, 6.07) is 13.6. The predicted molar refractivity (Wildman–Crippen MR) is 99.6 cm³/mol. The van der Waals surface area contributed by atoms with Crippen LogP contribution in [0.1, 0.15) is 48.4 Å². The molecule has 0 saturated heterocycles. The van der Waals surface area contributed by atoms with Crippen molar-refractivity contribution in [3.63, 3.8) is 0 Å². The Morgan fingerprint density at radius 2 is 1.96 bits per heavy atom. The van der Waals surface area contributed by atoms with Crippen molar-refractivity contribution in [2.24, 2.45) is 5.92 Å². The first kappa shape index (κ1) is 16.6. The lowest BCUT2D eigenvalue weighted by Gasteiger charge is -2.21. The maximum atomic E-state index is 12.8. The largest absolute Gasteiger partial charge is 0.351 e. The van der Waals surface area contributed by atoms with Crippen molar-refractivity contribution in [2.45, 2.75) is 39.3 Å². The quantitative estimate of drug-likeness (QED) is 0.742. The molecule has 6 nitrogen and oxygen atoms in total. The van der Waals surface area contributed by atoms with E-state index in [1.807, 2.05) is 42.5 Å². The molecule has 0 aliphatic carbocycles. The minimum absolute atomic E-state index is 0.124. The van der Waals surface area contributed by atoms with Gasteiger partial charge in [0, 0.05) is 18.7 Å². The van der Waals surface area contributed by atoms with Gasteiger partial charge >= 0.3 is 0 Å². The van der Waals surface area contributed by atoms with Crippen LogP contribution >= 0.6 is 0 Å². The second-order valence-corrected chi connectivity index (χ2v) is 7.08. The highest BCUT2D eigenvalue weighted by atomic mass is 16.2. The van der Waals surface area contributed by atoms with E-state index in [9.17, 15) is 4.79 Å². The molecule has 1 unspecified atom stereocenters. The van der Waals surface area contributed by atoms with Crippen LogP contribution in [-0.4, -0.2) is 25.7 Å². The molecule has 2 aromatic heterocycles. The third-order valence-corrected chi connectivity index (χ3v) is 4.88. The molecule has 4 rings (SSSR count). The zero-order valence-corrected chi connectivity index (χ0v) is 15.1. The van der Waals surface area contributed by atoms with Gasteiger partial charge in [-0.2, -0.15) is 0 Å². The number of fused-ring (bicyclic) bond motifs is 1. The van der Waals surface area contributed by atoms with Gasteiger partial charge < -0.3 is 14.9 Å². The van der Waals surface area contributed by atoms with Crippen LogP contribution < -0.4 is 5.32 Å². The van der Waals surface area contributed by atoms with Crippen LogP contribution in [0.15, 0.2) is 42.5 Å². The molecular formula is C20H23N5O. The second-order valence-electron chi connectivity index (χ2n) is 7.08. The first-order valence-electron chi connectivity index (χ1n) is 9.11. The molecule has 26 heavy (non-hydrogen) atoms. The summed E-state index contributed by atoms with van der Waals surface area (Å²) in [6.07, 6.45) is 2.05. The molecule has 0 saturated carbocycles. The number of carbonyl (C=O) groups excluding carboxylic acids is 1. The molecular weight excluding hydrogens is 326 g/mol. The monoisotopic (exact) mass is 349 g/mol. The van der Waals surface area contributed by atoms with Crippen LogP contribution in [-0.2, 0) is 13.0 Å². The molecule has 0 fully saturated rings. The Balaban J connectivity index is 1.55. The molecule has 6 heteroatoms. The van der Waals surface area contributed by atoms with E-state index in [4.69, 9.17) is 0 Å². The second kappa shape index (κ2) is 6.78. The van der Waals surface area contributed by atoms with Crippen LogP contribution in [0, 0.1) is 5.92 Å². The molecule has 1 aromatic carbocycles. The highest BCUT2D eigenvalue weighted by molar-refractivity contribution is 5.93. The number of rotatable bonds is 5. The Hall–Kier alpha value is -2.89. The first-order valence-corrected chi connectivity index (χ1v) is 9.11. The van der Waals surface area contributed by atoms with Gasteiger partial charge in [0.25, 0.3) is 5.91 Å². The van der Waals surface area contributed by atoms with Crippen molar-refractivity contribution in [2.75, 3.05) is 0 Å². The van der Waals surface area contributed by atoms with E-state index >= 15 is 0 Å². The Morgan fingerprint density at radius 1 is 1.15 bits per heavy atom. The Morgan fingerprint density at radius 3 is 2.73 bits per heavy atom. The van der Waals surface area contributed by atoms with Crippen molar-refractivity contribution in [3.8, 4) is 11.3 Å². The van der Waals surface area contributed by atoms with Crippen molar-refractivity contribution < 1.29 is 4.79 Å². The molecule has 3 aromatic rings. The lowest BCUT2D eigenvalue weighted by molar-refractivity contribution is 0.0917. The van der Waals surface area contributed by atoms with Gasteiger partial charge in [-0.1, -0.05) is 44.2 Å². The van der Waals surface area contributed by atoms with Gasteiger partial charge in [0.05, 0.1) is 6.04 Å². The molecule has 3 heterocycles. The van der Waals surface area contributed by atoms with Crippen molar-refractivity contribution in [1.29, 1.82) is 0 Å². The third-order valence-electron chi connectivity index (χ3n) is 4.88. The van der Waals surface area contributed by atoms with Gasteiger partial charge in [-0.15, -0.1) is 10.2 Å². The SMILES string of the molecule is CC(C)C(NC(=O)c1ccc(-c2ccccc2)[nH]1)c1nnc2n1CCC2. The Bertz CT molecular complexity index is 909. The lowest BCUT2D eigenvalue weighted by atomic mass is 10.0. The smallest absolute Gasteiger partial charge is 0.268 e. The normalized spacial score (nSPS) is 14.4. The molecule has 1 atom stereocenters. The van der Waals surface area contributed by atoms with Crippen LogP contribution in [0.4, 0.5) is 0 Å². The fraction of sp³-hybridized carbons (Fsp3) is 0.350. The summed E-state index contributed by atoms with van der Waals surface area (Å²) in [5, 5.41) is 11.8. The molecule has 0 bridgehead atoms. The first-order chi connectivity index (χ1) is 12.6. The summed E-state index contributed by atoms with van der Waals surface area (Å²) in [5.74, 6) is 1.97. The number of aromatic nitrogens is 4. The van der Waals surface area contributed by atoms with Crippen LogP contribution in [0.2, 0.25) is 0 Å². The molecule has 1 amide bonds. The number of nitrogens with one attached hydrogen (secondary N) is 2. The van der Waals surface area contributed by atoms with E-state index in [2.05, 4.69) is 38.9 Å². The van der Waals surface area contributed by atoms with Gasteiger partial charge in [0.2, 0.25) is 0 Å². The topological polar surface area (TPSA) is 75.6 Å². The zero-order valence-electron chi connectivity index (χ0n) is 15.1. The van der Waals surface area contributed by atoms with Gasteiger partial charge in [0.15, 0.2) is 5.82 Å². The van der Waals surface area contributed by atoms with Crippen LogP contribution in [0.5, 0.6) is 0 Å². The summed E-state index contributed by atoms with van der Waals surface area (Å²) < 4.78 is 2.15.